The summed E-state index contributed by atoms with van der Waals surface area (Å²) in [7, 11) is 0. The molecule has 8 heteroatoms. The first-order valence-corrected chi connectivity index (χ1v) is 8.03. The third-order valence-corrected chi connectivity index (χ3v) is 4.37. The van der Waals surface area contributed by atoms with Crippen LogP contribution in [0.15, 0.2) is 27.4 Å². The molecule has 128 valence electrons. The van der Waals surface area contributed by atoms with Crippen molar-refractivity contribution in [1.29, 1.82) is 0 Å². The Morgan fingerprint density at radius 1 is 1.50 bits per heavy atom. The second-order valence-electron chi connectivity index (χ2n) is 6.23. The number of amides is 1. The van der Waals surface area contributed by atoms with Crippen LogP contribution in [0.4, 0.5) is 5.69 Å². The maximum Gasteiger partial charge on any atom is 0.419 e. The van der Waals surface area contributed by atoms with Gasteiger partial charge in [0.1, 0.15) is 0 Å². The van der Waals surface area contributed by atoms with Crippen molar-refractivity contribution in [2.75, 3.05) is 0 Å². The molecular weight excluding hydrogens is 314 g/mol. The van der Waals surface area contributed by atoms with Crippen LogP contribution < -0.4 is 11.1 Å². The maximum absolute atomic E-state index is 11.9. The normalized spacial score (nSPS) is 15.4. The van der Waals surface area contributed by atoms with Gasteiger partial charge in [0.05, 0.1) is 16.5 Å². The van der Waals surface area contributed by atoms with E-state index < -0.39 is 10.7 Å². The summed E-state index contributed by atoms with van der Waals surface area (Å²) in [5, 5.41) is 13.7. The maximum atomic E-state index is 11.9. The first-order valence-electron chi connectivity index (χ1n) is 8.03. The molecule has 1 unspecified atom stereocenters. The van der Waals surface area contributed by atoms with Crippen LogP contribution in [-0.4, -0.2) is 21.4 Å². The predicted molar refractivity (Wildman–Crippen MR) is 86.7 cm³/mol. The summed E-state index contributed by atoms with van der Waals surface area (Å²) in [6.07, 6.45) is 3.16. The molecule has 2 aromatic rings. The fourth-order valence-corrected chi connectivity index (χ4v) is 2.82. The Bertz CT molecular complexity index is 834. The summed E-state index contributed by atoms with van der Waals surface area (Å²) in [5.41, 5.74) is 0.551. The summed E-state index contributed by atoms with van der Waals surface area (Å²) in [6, 6.07) is 4.26. The smallest absolute Gasteiger partial charge is 0.407 e. The van der Waals surface area contributed by atoms with Crippen molar-refractivity contribution < 1.29 is 14.1 Å². The quantitative estimate of drug-likeness (QED) is 0.617. The lowest BCUT2D eigenvalue weighted by molar-refractivity contribution is -0.384. The molecule has 24 heavy (non-hydrogen) atoms. The third-order valence-electron chi connectivity index (χ3n) is 4.37. The molecule has 1 aromatic carbocycles. The molecule has 0 saturated heterocycles. The van der Waals surface area contributed by atoms with Crippen molar-refractivity contribution in [3.8, 4) is 0 Å². The van der Waals surface area contributed by atoms with Gasteiger partial charge >= 0.3 is 5.76 Å². The molecule has 1 saturated carbocycles. The SMILES string of the molecule is CC(NC(=O)CCCn1c(=O)oc2cc([N+](=O)[O-])ccc21)C1CC1. The lowest BCUT2D eigenvalue weighted by Gasteiger charge is -2.12. The number of carbonyl (C=O) groups is 1. The van der Waals surface area contributed by atoms with E-state index in [9.17, 15) is 19.7 Å². The number of carbonyl (C=O) groups excluding carboxylic acids is 1. The Morgan fingerprint density at radius 2 is 2.25 bits per heavy atom. The van der Waals surface area contributed by atoms with Crippen LogP contribution in [0.3, 0.4) is 0 Å². The number of nitrogens with zero attached hydrogens (tertiary/aromatic N) is 2. The number of non-ortho nitro benzene ring substituents is 1. The molecule has 3 rings (SSSR count). The minimum Gasteiger partial charge on any atom is -0.407 e. The van der Waals surface area contributed by atoms with E-state index in [4.69, 9.17) is 4.42 Å². The van der Waals surface area contributed by atoms with E-state index in [1.165, 1.54) is 35.6 Å². The number of rotatable bonds is 7. The number of benzene rings is 1. The van der Waals surface area contributed by atoms with E-state index in [1.54, 1.807) is 0 Å². The predicted octanol–water partition coefficient (Wildman–Crippen LogP) is 2.20. The molecule has 1 atom stereocenters. The molecule has 1 N–H and O–H groups in total. The van der Waals surface area contributed by atoms with Gasteiger partial charge in [-0.05, 0) is 38.2 Å². The molecule has 0 radical (unpaired) electrons. The highest BCUT2D eigenvalue weighted by molar-refractivity contribution is 5.77. The monoisotopic (exact) mass is 333 g/mol. The average Bonchev–Trinajstić information content (AvgIpc) is 3.32. The van der Waals surface area contributed by atoms with Crippen LogP contribution in [0.25, 0.3) is 11.1 Å². The van der Waals surface area contributed by atoms with Gasteiger partial charge in [0, 0.05) is 25.1 Å². The molecule has 0 aliphatic heterocycles. The van der Waals surface area contributed by atoms with Crippen LogP contribution in [0, 0.1) is 16.0 Å². The number of nitro benzene ring substituents is 1. The van der Waals surface area contributed by atoms with E-state index in [2.05, 4.69) is 5.32 Å². The fourth-order valence-electron chi connectivity index (χ4n) is 2.82. The summed E-state index contributed by atoms with van der Waals surface area (Å²) < 4.78 is 6.45. The molecule has 1 aliphatic rings. The molecule has 1 heterocycles. The van der Waals surface area contributed by atoms with Gasteiger partial charge in [0.15, 0.2) is 5.58 Å². The second kappa shape index (κ2) is 6.46. The first kappa shape index (κ1) is 16.2. The van der Waals surface area contributed by atoms with E-state index in [0.29, 0.717) is 30.8 Å². The minimum absolute atomic E-state index is 0.0223. The number of oxazole rings is 1. The van der Waals surface area contributed by atoms with Crippen molar-refractivity contribution >= 4 is 22.7 Å². The van der Waals surface area contributed by atoms with E-state index in [-0.39, 0.29) is 23.2 Å². The van der Waals surface area contributed by atoms with Gasteiger partial charge in [-0.15, -0.1) is 0 Å². The van der Waals surface area contributed by atoms with Crippen LogP contribution in [0.5, 0.6) is 0 Å². The Labute approximate surface area is 137 Å². The van der Waals surface area contributed by atoms with Gasteiger partial charge in [-0.3, -0.25) is 19.5 Å². The summed E-state index contributed by atoms with van der Waals surface area (Å²) in [6.45, 7) is 2.34. The van der Waals surface area contributed by atoms with Crippen molar-refractivity contribution in [2.45, 2.75) is 45.2 Å². The number of hydrogen-bond acceptors (Lipinski definition) is 5. The van der Waals surface area contributed by atoms with Gasteiger partial charge in [0.25, 0.3) is 5.69 Å². The fraction of sp³-hybridized carbons (Fsp3) is 0.500. The largest absolute Gasteiger partial charge is 0.419 e. The molecule has 1 amide bonds. The van der Waals surface area contributed by atoms with Gasteiger partial charge in [-0.2, -0.15) is 0 Å². The van der Waals surface area contributed by atoms with Crippen molar-refractivity contribution in [3.05, 3.63) is 38.9 Å². The number of nitro groups is 1. The second-order valence-corrected chi connectivity index (χ2v) is 6.23. The lowest BCUT2D eigenvalue weighted by atomic mass is 10.2. The first-order chi connectivity index (χ1) is 11.5. The molecule has 0 bridgehead atoms. The highest BCUT2D eigenvalue weighted by Crippen LogP contribution is 2.32. The van der Waals surface area contributed by atoms with E-state index in [0.717, 1.165) is 0 Å². The van der Waals surface area contributed by atoms with Crippen molar-refractivity contribution in [2.24, 2.45) is 5.92 Å². The molecule has 0 spiro atoms. The number of aromatic nitrogens is 1. The lowest BCUT2D eigenvalue weighted by Crippen LogP contribution is -2.34. The number of hydrogen-bond donors (Lipinski definition) is 1. The molecule has 1 fully saturated rings. The van der Waals surface area contributed by atoms with Crippen LogP contribution in [-0.2, 0) is 11.3 Å². The van der Waals surface area contributed by atoms with Crippen molar-refractivity contribution in [1.82, 2.24) is 9.88 Å². The van der Waals surface area contributed by atoms with Gasteiger partial charge in [0.2, 0.25) is 5.91 Å². The number of fused-ring (bicyclic) bond motifs is 1. The summed E-state index contributed by atoms with van der Waals surface area (Å²) in [5.74, 6) is 0.00770. The zero-order valence-corrected chi connectivity index (χ0v) is 13.4. The third kappa shape index (κ3) is 3.47. The zero-order valence-electron chi connectivity index (χ0n) is 13.4. The van der Waals surface area contributed by atoms with E-state index in [1.807, 2.05) is 6.92 Å². The Morgan fingerprint density at radius 3 is 2.92 bits per heavy atom. The number of nitrogens with one attached hydrogen (secondary N) is 1. The molecule has 1 aliphatic carbocycles. The molecule has 8 nitrogen and oxygen atoms in total. The Kier molecular flexibility index (Phi) is 4.37. The van der Waals surface area contributed by atoms with Crippen LogP contribution in [0.1, 0.15) is 32.6 Å². The van der Waals surface area contributed by atoms with Gasteiger partial charge < -0.3 is 9.73 Å². The minimum atomic E-state index is -0.572. The van der Waals surface area contributed by atoms with Gasteiger partial charge in [-0.25, -0.2) is 4.79 Å². The van der Waals surface area contributed by atoms with Crippen LogP contribution >= 0.6 is 0 Å². The van der Waals surface area contributed by atoms with Crippen molar-refractivity contribution in [3.63, 3.8) is 0 Å². The zero-order chi connectivity index (χ0) is 17.3. The topological polar surface area (TPSA) is 107 Å². The Balaban J connectivity index is 1.62. The average molecular weight is 333 g/mol. The molecule has 1 aromatic heterocycles. The highest BCUT2D eigenvalue weighted by Gasteiger charge is 2.28. The van der Waals surface area contributed by atoms with Gasteiger partial charge in [-0.1, -0.05) is 0 Å². The van der Waals surface area contributed by atoms with Crippen LogP contribution in [0.2, 0.25) is 0 Å². The summed E-state index contributed by atoms with van der Waals surface area (Å²) in [4.78, 5) is 34.0. The Hall–Kier alpha value is -2.64. The molecular formula is C16H19N3O5. The highest BCUT2D eigenvalue weighted by atomic mass is 16.6. The number of aryl methyl sites for hydroxylation is 1. The standard InChI is InChI=1S/C16H19N3O5/c1-10(11-4-5-11)17-15(20)3-2-8-18-13-7-6-12(19(22)23)9-14(13)24-16(18)21/h6-7,9-11H,2-5,8H2,1H3,(H,17,20). The van der Waals surface area contributed by atoms with E-state index >= 15 is 0 Å². The summed E-state index contributed by atoms with van der Waals surface area (Å²) >= 11 is 0.